The minimum atomic E-state index is -0.749. The summed E-state index contributed by atoms with van der Waals surface area (Å²) >= 11 is 0. The number of rotatable bonds is 3. The average Bonchev–Trinajstić information content (AvgIpc) is 2.77. The molecule has 1 saturated carbocycles. The number of carbonyl (C=O) groups is 1. The van der Waals surface area contributed by atoms with Gasteiger partial charge in [-0.1, -0.05) is 24.9 Å². The highest BCUT2D eigenvalue weighted by atomic mass is 16.5. The first-order chi connectivity index (χ1) is 7.72. The minimum Gasteiger partial charge on any atom is -0.481 e. The Hall–Kier alpha value is -1.39. The zero-order valence-corrected chi connectivity index (χ0v) is 9.35. The van der Waals surface area contributed by atoms with Gasteiger partial charge in [-0.2, -0.15) is 4.98 Å². The predicted molar refractivity (Wildman–Crippen MR) is 56.0 cm³/mol. The first-order valence-electron chi connectivity index (χ1n) is 5.77. The third kappa shape index (κ3) is 2.08. The first kappa shape index (κ1) is 11.1. The highest BCUT2D eigenvalue weighted by molar-refractivity contribution is 5.71. The van der Waals surface area contributed by atoms with E-state index in [1.165, 1.54) is 0 Å². The van der Waals surface area contributed by atoms with Crippen molar-refractivity contribution in [3.63, 3.8) is 0 Å². The van der Waals surface area contributed by atoms with Crippen molar-refractivity contribution >= 4 is 5.97 Å². The van der Waals surface area contributed by atoms with E-state index < -0.39 is 5.97 Å². The minimum absolute atomic E-state index is 0.0981. The molecule has 1 aromatic rings. The number of hydrogen-bond donors (Lipinski definition) is 1. The van der Waals surface area contributed by atoms with E-state index in [-0.39, 0.29) is 11.8 Å². The largest absolute Gasteiger partial charge is 0.481 e. The Kier molecular flexibility index (Phi) is 3.22. The van der Waals surface area contributed by atoms with Crippen molar-refractivity contribution in [3.8, 4) is 0 Å². The Morgan fingerprint density at radius 3 is 2.88 bits per heavy atom. The fourth-order valence-electron chi connectivity index (χ4n) is 2.28. The van der Waals surface area contributed by atoms with Crippen LogP contribution in [0.15, 0.2) is 4.52 Å². The molecule has 1 aromatic heterocycles. The summed E-state index contributed by atoms with van der Waals surface area (Å²) in [6, 6.07) is 0. The molecule has 0 bridgehead atoms. The van der Waals surface area contributed by atoms with Crippen LogP contribution in [0.25, 0.3) is 0 Å². The van der Waals surface area contributed by atoms with Crippen LogP contribution >= 0.6 is 0 Å². The van der Waals surface area contributed by atoms with Crippen molar-refractivity contribution in [1.82, 2.24) is 10.1 Å². The molecule has 0 aromatic carbocycles. The van der Waals surface area contributed by atoms with E-state index in [0.717, 1.165) is 19.3 Å². The Bertz CT molecular complexity index is 375. The van der Waals surface area contributed by atoms with Crippen LogP contribution in [0.2, 0.25) is 0 Å². The first-order valence-corrected chi connectivity index (χ1v) is 5.77. The van der Waals surface area contributed by atoms with E-state index in [9.17, 15) is 4.79 Å². The number of nitrogens with zero attached hydrogens (tertiary/aromatic N) is 2. The molecule has 2 rings (SSSR count). The summed E-state index contributed by atoms with van der Waals surface area (Å²) in [5.41, 5.74) is 0. The molecule has 1 heterocycles. The third-order valence-electron chi connectivity index (χ3n) is 3.20. The second-order valence-electron chi connectivity index (χ2n) is 4.24. The maximum Gasteiger partial charge on any atom is 0.307 e. The predicted octanol–water partition coefficient (Wildman–Crippen LogP) is 1.99. The summed E-state index contributed by atoms with van der Waals surface area (Å²) in [6.45, 7) is 1.95. The van der Waals surface area contributed by atoms with Crippen LogP contribution < -0.4 is 0 Å². The molecule has 88 valence electrons. The molecule has 5 nitrogen and oxygen atoms in total. The summed E-state index contributed by atoms with van der Waals surface area (Å²) in [4.78, 5) is 15.4. The maximum atomic E-state index is 11.1. The lowest BCUT2D eigenvalue weighted by atomic mass is 9.79. The van der Waals surface area contributed by atoms with Crippen molar-refractivity contribution in [3.05, 3.63) is 11.7 Å². The van der Waals surface area contributed by atoms with Crippen molar-refractivity contribution in [2.45, 2.75) is 44.9 Å². The normalized spacial score (nSPS) is 25.6. The Balaban J connectivity index is 2.19. The zero-order chi connectivity index (χ0) is 11.5. The SMILES string of the molecule is CCc1noc(C2CCCCC2C(=O)O)n1. The van der Waals surface area contributed by atoms with Crippen LogP contribution in [0, 0.1) is 5.92 Å². The molecule has 1 aliphatic rings. The fraction of sp³-hybridized carbons (Fsp3) is 0.727. The summed E-state index contributed by atoms with van der Waals surface area (Å²) in [5, 5.41) is 13.0. The van der Waals surface area contributed by atoms with Crippen LogP contribution in [0.3, 0.4) is 0 Å². The smallest absolute Gasteiger partial charge is 0.307 e. The highest BCUT2D eigenvalue weighted by Crippen LogP contribution is 2.37. The molecule has 1 fully saturated rings. The maximum absolute atomic E-state index is 11.1. The van der Waals surface area contributed by atoms with Gasteiger partial charge in [0.25, 0.3) is 0 Å². The third-order valence-corrected chi connectivity index (χ3v) is 3.20. The fourth-order valence-corrected chi connectivity index (χ4v) is 2.28. The molecule has 0 aliphatic heterocycles. The standard InChI is InChI=1S/C11H16N2O3/c1-2-9-12-10(16-13-9)7-5-3-4-6-8(7)11(14)15/h7-8H,2-6H2,1H3,(H,14,15). The molecule has 5 heteroatoms. The molecule has 1 aliphatic carbocycles. The van der Waals surface area contributed by atoms with Gasteiger partial charge in [0.1, 0.15) is 0 Å². The topological polar surface area (TPSA) is 76.2 Å². The van der Waals surface area contributed by atoms with E-state index in [2.05, 4.69) is 10.1 Å². The lowest BCUT2D eigenvalue weighted by molar-refractivity contribution is -0.143. The van der Waals surface area contributed by atoms with Crippen molar-refractivity contribution < 1.29 is 14.4 Å². The molecule has 0 saturated heterocycles. The van der Waals surface area contributed by atoms with Gasteiger partial charge in [0.05, 0.1) is 11.8 Å². The van der Waals surface area contributed by atoms with E-state index in [4.69, 9.17) is 9.63 Å². The van der Waals surface area contributed by atoms with E-state index in [0.29, 0.717) is 24.6 Å². The van der Waals surface area contributed by atoms with E-state index >= 15 is 0 Å². The van der Waals surface area contributed by atoms with Crippen LogP contribution in [0.4, 0.5) is 0 Å². The molecule has 1 N–H and O–H groups in total. The van der Waals surface area contributed by atoms with Crippen LogP contribution in [-0.4, -0.2) is 21.2 Å². The zero-order valence-electron chi connectivity index (χ0n) is 9.35. The number of hydrogen-bond acceptors (Lipinski definition) is 4. The second kappa shape index (κ2) is 4.63. The van der Waals surface area contributed by atoms with E-state index in [1.54, 1.807) is 0 Å². The summed E-state index contributed by atoms with van der Waals surface area (Å²) in [7, 11) is 0. The van der Waals surface area contributed by atoms with Gasteiger partial charge in [0.15, 0.2) is 5.82 Å². The molecule has 16 heavy (non-hydrogen) atoms. The summed E-state index contributed by atoms with van der Waals surface area (Å²) in [5.74, 6) is -0.0485. The Morgan fingerprint density at radius 2 is 2.25 bits per heavy atom. The molecule has 0 amide bonds. The summed E-state index contributed by atoms with van der Waals surface area (Å²) in [6.07, 6.45) is 4.28. The Morgan fingerprint density at radius 1 is 1.50 bits per heavy atom. The van der Waals surface area contributed by atoms with Crippen molar-refractivity contribution in [2.24, 2.45) is 5.92 Å². The molecular weight excluding hydrogens is 208 g/mol. The van der Waals surface area contributed by atoms with Gasteiger partial charge >= 0.3 is 5.97 Å². The quantitative estimate of drug-likeness (QED) is 0.849. The van der Waals surface area contributed by atoms with Gasteiger partial charge in [-0.3, -0.25) is 4.79 Å². The number of aromatic nitrogens is 2. The van der Waals surface area contributed by atoms with Crippen molar-refractivity contribution in [1.29, 1.82) is 0 Å². The van der Waals surface area contributed by atoms with Gasteiger partial charge < -0.3 is 9.63 Å². The number of carboxylic acids is 1. The van der Waals surface area contributed by atoms with Gasteiger partial charge in [-0.25, -0.2) is 0 Å². The lowest BCUT2D eigenvalue weighted by Crippen LogP contribution is -2.25. The molecule has 0 spiro atoms. The van der Waals surface area contributed by atoms with Crippen molar-refractivity contribution in [2.75, 3.05) is 0 Å². The van der Waals surface area contributed by atoms with Gasteiger partial charge in [0, 0.05) is 6.42 Å². The number of aliphatic carboxylic acids is 1. The monoisotopic (exact) mass is 224 g/mol. The van der Waals surface area contributed by atoms with Crippen LogP contribution in [0.1, 0.15) is 50.2 Å². The average molecular weight is 224 g/mol. The van der Waals surface area contributed by atoms with E-state index in [1.807, 2.05) is 6.92 Å². The summed E-state index contributed by atoms with van der Waals surface area (Å²) < 4.78 is 5.15. The molecule has 2 atom stereocenters. The number of aryl methyl sites for hydroxylation is 1. The molecular formula is C11H16N2O3. The van der Waals surface area contributed by atoms with Gasteiger partial charge in [-0.15, -0.1) is 0 Å². The Labute approximate surface area is 93.9 Å². The molecule has 2 unspecified atom stereocenters. The van der Waals surface area contributed by atoms with Crippen LogP contribution in [0.5, 0.6) is 0 Å². The lowest BCUT2D eigenvalue weighted by Gasteiger charge is -2.25. The molecule has 0 radical (unpaired) electrons. The highest BCUT2D eigenvalue weighted by Gasteiger charge is 2.35. The number of carboxylic acid groups (broad SMARTS) is 1. The van der Waals surface area contributed by atoms with Crippen LogP contribution in [-0.2, 0) is 11.2 Å². The second-order valence-corrected chi connectivity index (χ2v) is 4.24. The van der Waals surface area contributed by atoms with Gasteiger partial charge in [0.2, 0.25) is 5.89 Å². The van der Waals surface area contributed by atoms with Gasteiger partial charge in [-0.05, 0) is 12.8 Å².